The van der Waals surface area contributed by atoms with Gasteiger partial charge in [-0.15, -0.1) is 0 Å². The minimum atomic E-state index is 0.145. The lowest BCUT2D eigenvalue weighted by Gasteiger charge is -2.59. The van der Waals surface area contributed by atoms with Crippen LogP contribution < -0.4 is 5.32 Å². The van der Waals surface area contributed by atoms with Gasteiger partial charge in [0, 0.05) is 17.6 Å². The summed E-state index contributed by atoms with van der Waals surface area (Å²) in [7, 11) is 0. The van der Waals surface area contributed by atoms with Crippen LogP contribution in [0, 0.1) is 23.2 Å². The standard InChI is InChI=1S/C23H28N2O/c1-15(23-12-16-8-17(13-23)10-18(9-16)14-23)25-21(26)11-20-5-2-4-19-6-3-7-24-22(19)20/h2-7,15-18H,8-14H2,1H3,(H,25,26). The molecule has 6 rings (SSSR count). The number of carbonyl (C=O) groups excluding carboxylic acids is 1. The molecule has 1 heterocycles. The highest BCUT2D eigenvalue weighted by atomic mass is 16.1. The van der Waals surface area contributed by atoms with Crippen LogP contribution in [-0.4, -0.2) is 16.9 Å². The Balaban J connectivity index is 1.31. The van der Waals surface area contributed by atoms with Gasteiger partial charge in [0.1, 0.15) is 0 Å². The molecule has 0 radical (unpaired) electrons. The molecule has 0 aliphatic heterocycles. The van der Waals surface area contributed by atoms with Crippen LogP contribution in [0.1, 0.15) is 51.0 Å². The fraction of sp³-hybridized carbons (Fsp3) is 0.565. The average molecular weight is 348 g/mol. The van der Waals surface area contributed by atoms with Crippen LogP contribution in [0.5, 0.6) is 0 Å². The van der Waals surface area contributed by atoms with Crippen molar-refractivity contribution in [3.8, 4) is 0 Å². The Labute approximate surface area is 155 Å². The molecule has 4 saturated carbocycles. The lowest BCUT2D eigenvalue weighted by atomic mass is 9.48. The van der Waals surface area contributed by atoms with E-state index in [9.17, 15) is 4.79 Å². The van der Waals surface area contributed by atoms with Gasteiger partial charge < -0.3 is 5.32 Å². The highest BCUT2D eigenvalue weighted by Crippen LogP contribution is 2.61. The van der Waals surface area contributed by atoms with Crippen LogP contribution in [0.25, 0.3) is 10.9 Å². The lowest BCUT2D eigenvalue weighted by molar-refractivity contribution is -0.125. The Bertz CT molecular complexity index is 802. The summed E-state index contributed by atoms with van der Waals surface area (Å²) < 4.78 is 0. The number of carbonyl (C=O) groups is 1. The van der Waals surface area contributed by atoms with Gasteiger partial charge in [0.2, 0.25) is 5.91 Å². The van der Waals surface area contributed by atoms with E-state index in [1.807, 2.05) is 24.4 Å². The van der Waals surface area contributed by atoms with E-state index in [-0.39, 0.29) is 11.9 Å². The fourth-order valence-corrected chi connectivity index (χ4v) is 6.64. The van der Waals surface area contributed by atoms with Crippen LogP contribution in [0.2, 0.25) is 0 Å². The second-order valence-corrected chi connectivity index (χ2v) is 9.24. The third kappa shape index (κ3) is 2.72. The van der Waals surface area contributed by atoms with E-state index in [0.29, 0.717) is 11.8 Å². The normalized spacial score (nSPS) is 33.3. The molecule has 136 valence electrons. The van der Waals surface area contributed by atoms with Gasteiger partial charge in [-0.05, 0) is 80.2 Å². The molecule has 1 N–H and O–H groups in total. The second kappa shape index (κ2) is 6.07. The topological polar surface area (TPSA) is 42.0 Å². The van der Waals surface area contributed by atoms with E-state index in [4.69, 9.17) is 0 Å². The molecule has 1 atom stereocenters. The third-order valence-corrected chi connectivity index (χ3v) is 7.45. The summed E-state index contributed by atoms with van der Waals surface area (Å²) in [6.45, 7) is 2.26. The zero-order valence-electron chi connectivity index (χ0n) is 15.6. The highest BCUT2D eigenvalue weighted by molar-refractivity contribution is 5.87. The Morgan fingerprint density at radius 1 is 1.12 bits per heavy atom. The zero-order chi connectivity index (χ0) is 17.7. The van der Waals surface area contributed by atoms with Crippen molar-refractivity contribution in [3.05, 3.63) is 42.1 Å². The molecular weight excluding hydrogens is 320 g/mol. The first-order valence-electron chi connectivity index (χ1n) is 10.2. The monoisotopic (exact) mass is 348 g/mol. The molecule has 0 saturated heterocycles. The number of benzene rings is 1. The summed E-state index contributed by atoms with van der Waals surface area (Å²) in [4.78, 5) is 17.3. The smallest absolute Gasteiger partial charge is 0.224 e. The van der Waals surface area contributed by atoms with Crippen molar-refractivity contribution in [2.75, 3.05) is 0 Å². The van der Waals surface area contributed by atoms with E-state index in [1.54, 1.807) is 0 Å². The molecule has 3 heteroatoms. The number of nitrogens with zero attached hydrogens (tertiary/aromatic N) is 1. The quantitative estimate of drug-likeness (QED) is 0.884. The zero-order valence-corrected chi connectivity index (χ0v) is 15.6. The summed E-state index contributed by atoms with van der Waals surface area (Å²) in [6, 6.07) is 10.4. The lowest BCUT2D eigenvalue weighted by Crippen LogP contribution is -2.56. The van der Waals surface area contributed by atoms with Crippen LogP contribution in [-0.2, 0) is 11.2 Å². The van der Waals surface area contributed by atoms with Gasteiger partial charge in [-0.25, -0.2) is 0 Å². The summed E-state index contributed by atoms with van der Waals surface area (Å²) in [5.41, 5.74) is 2.34. The van der Waals surface area contributed by atoms with E-state index < -0.39 is 0 Å². The Hall–Kier alpha value is -1.90. The van der Waals surface area contributed by atoms with E-state index in [1.165, 1.54) is 38.5 Å². The number of aromatic nitrogens is 1. The van der Waals surface area contributed by atoms with Crippen LogP contribution in [0.3, 0.4) is 0 Å². The largest absolute Gasteiger partial charge is 0.353 e. The van der Waals surface area contributed by atoms with Crippen molar-refractivity contribution in [2.24, 2.45) is 23.2 Å². The van der Waals surface area contributed by atoms with Crippen molar-refractivity contribution in [2.45, 2.75) is 57.9 Å². The molecule has 4 aliphatic rings. The molecule has 0 spiro atoms. The van der Waals surface area contributed by atoms with Gasteiger partial charge in [0.25, 0.3) is 0 Å². The predicted molar refractivity (Wildman–Crippen MR) is 104 cm³/mol. The molecule has 1 unspecified atom stereocenters. The number of pyridine rings is 1. The maximum absolute atomic E-state index is 12.8. The van der Waals surface area contributed by atoms with Gasteiger partial charge in [0.05, 0.1) is 11.9 Å². The van der Waals surface area contributed by atoms with Crippen molar-refractivity contribution < 1.29 is 4.79 Å². The van der Waals surface area contributed by atoms with Gasteiger partial charge in [-0.1, -0.05) is 24.3 Å². The van der Waals surface area contributed by atoms with Crippen LogP contribution in [0.15, 0.2) is 36.5 Å². The molecule has 1 aromatic heterocycles. The molecule has 2 aromatic rings. The van der Waals surface area contributed by atoms with E-state index >= 15 is 0 Å². The Morgan fingerprint density at radius 2 is 1.77 bits per heavy atom. The molecule has 4 bridgehead atoms. The second-order valence-electron chi connectivity index (χ2n) is 9.24. The number of hydrogen-bond acceptors (Lipinski definition) is 2. The predicted octanol–water partition coefficient (Wildman–Crippen LogP) is 4.50. The Kier molecular flexibility index (Phi) is 3.80. The SMILES string of the molecule is CC(NC(=O)Cc1cccc2cccnc12)C12CC3CC(CC(C3)C1)C2. The number of hydrogen-bond donors (Lipinski definition) is 1. The summed E-state index contributed by atoms with van der Waals surface area (Å²) >= 11 is 0. The van der Waals surface area contributed by atoms with Crippen LogP contribution in [0.4, 0.5) is 0 Å². The maximum Gasteiger partial charge on any atom is 0.224 e. The number of para-hydroxylation sites is 1. The minimum absolute atomic E-state index is 0.145. The van der Waals surface area contributed by atoms with Crippen molar-refractivity contribution in [3.63, 3.8) is 0 Å². The first-order valence-corrected chi connectivity index (χ1v) is 10.2. The molecular formula is C23H28N2O. The van der Waals surface area contributed by atoms with Crippen molar-refractivity contribution >= 4 is 16.8 Å². The molecule has 4 aliphatic carbocycles. The number of amides is 1. The average Bonchev–Trinajstić information content (AvgIpc) is 2.61. The molecule has 26 heavy (non-hydrogen) atoms. The highest BCUT2D eigenvalue weighted by Gasteiger charge is 2.53. The van der Waals surface area contributed by atoms with E-state index in [0.717, 1.165) is 34.2 Å². The van der Waals surface area contributed by atoms with Crippen molar-refractivity contribution in [1.82, 2.24) is 10.3 Å². The van der Waals surface area contributed by atoms with E-state index in [2.05, 4.69) is 29.4 Å². The molecule has 4 fully saturated rings. The number of nitrogens with one attached hydrogen (secondary N) is 1. The van der Waals surface area contributed by atoms with Gasteiger partial charge >= 0.3 is 0 Å². The van der Waals surface area contributed by atoms with Gasteiger partial charge in [0.15, 0.2) is 0 Å². The molecule has 3 nitrogen and oxygen atoms in total. The molecule has 1 amide bonds. The van der Waals surface area contributed by atoms with Crippen molar-refractivity contribution in [1.29, 1.82) is 0 Å². The first-order chi connectivity index (χ1) is 12.6. The number of rotatable bonds is 4. The Morgan fingerprint density at radius 3 is 2.46 bits per heavy atom. The first kappa shape index (κ1) is 16.3. The minimum Gasteiger partial charge on any atom is -0.353 e. The molecule has 1 aromatic carbocycles. The fourth-order valence-electron chi connectivity index (χ4n) is 6.64. The summed E-state index contributed by atoms with van der Waals surface area (Å²) in [5.74, 6) is 2.90. The summed E-state index contributed by atoms with van der Waals surface area (Å²) in [5, 5.41) is 4.49. The van der Waals surface area contributed by atoms with Gasteiger partial charge in [-0.2, -0.15) is 0 Å². The van der Waals surface area contributed by atoms with Gasteiger partial charge in [-0.3, -0.25) is 9.78 Å². The third-order valence-electron chi connectivity index (χ3n) is 7.45. The summed E-state index contributed by atoms with van der Waals surface area (Å²) in [6.07, 6.45) is 10.6. The number of fused-ring (bicyclic) bond motifs is 1. The van der Waals surface area contributed by atoms with Crippen LogP contribution >= 0.6 is 0 Å². The maximum atomic E-state index is 12.8.